The molecule has 1 nitrogen and oxygen atoms in total. The molecule has 2 heteroatoms. The predicted molar refractivity (Wildman–Crippen MR) is 69.2 cm³/mol. The van der Waals surface area contributed by atoms with E-state index < -0.39 is 0 Å². The van der Waals surface area contributed by atoms with Gasteiger partial charge < -0.3 is 5.73 Å². The van der Waals surface area contributed by atoms with Crippen LogP contribution in [0.25, 0.3) is 0 Å². The Hall–Kier alpha value is 0.310. The van der Waals surface area contributed by atoms with Gasteiger partial charge in [-0.2, -0.15) is 11.8 Å². The molecule has 4 atom stereocenters. The third-order valence-electron chi connectivity index (χ3n) is 4.38. The first-order chi connectivity index (χ1) is 7.33. The average Bonchev–Trinajstić information content (AvgIpc) is 2.81. The van der Waals surface area contributed by atoms with Crippen LogP contribution in [-0.2, 0) is 0 Å². The van der Waals surface area contributed by atoms with Crippen molar-refractivity contribution in [3.8, 4) is 0 Å². The van der Waals surface area contributed by atoms with Gasteiger partial charge in [0.05, 0.1) is 0 Å². The fraction of sp³-hybridized carbons (Fsp3) is 1.00. The molecule has 1 aliphatic carbocycles. The molecule has 1 saturated heterocycles. The Morgan fingerprint density at radius 3 is 2.67 bits per heavy atom. The van der Waals surface area contributed by atoms with E-state index in [9.17, 15) is 0 Å². The molecule has 88 valence electrons. The lowest BCUT2D eigenvalue weighted by molar-refractivity contribution is 0.192. The first kappa shape index (κ1) is 11.8. The van der Waals surface area contributed by atoms with Crippen molar-refractivity contribution >= 4 is 11.8 Å². The lowest BCUT2D eigenvalue weighted by Crippen LogP contribution is -2.43. The summed E-state index contributed by atoms with van der Waals surface area (Å²) in [5, 5.41) is 0.780. The van der Waals surface area contributed by atoms with E-state index >= 15 is 0 Å². The van der Waals surface area contributed by atoms with Crippen LogP contribution < -0.4 is 5.73 Å². The summed E-state index contributed by atoms with van der Waals surface area (Å²) in [6, 6.07) is 0.489. The van der Waals surface area contributed by atoms with Crippen LogP contribution >= 0.6 is 11.8 Å². The quantitative estimate of drug-likeness (QED) is 0.799. The van der Waals surface area contributed by atoms with E-state index in [1.54, 1.807) is 0 Å². The van der Waals surface area contributed by atoms with Crippen molar-refractivity contribution < 1.29 is 0 Å². The second-order valence-electron chi connectivity index (χ2n) is 5.25. The minimum absolute atomic E-state index is 0.489. The van der Waals surface area contributed by atoms with Crippen LogP contribution in [0, 0.1) is 11.8 Å². The smallest absolute Gasteiger partial charge is 0.0202 e. The second-order valence-corrected chi connectivity index (χ2v) is 6.59. The largest absolute Gasteiger partial charge is 0.326 e. The second kappa shape index (κ2) is 5.58. The van der Waals surface area contributed by atoms with E-state index in [-0.39, 0.29) is 0 Å². The van der Waals surface area contributed by atoms with Gasteiger partial charge >= 0.3 is 0 Å². The van der Waals surface area contributed by atoms with E-state index in [1.165, 1.54) is 50.7 Å². The van der Waals surface area contributed by atoms with E-state index in [0.29, 0.717) is 6.04 Å². The molecule has 4 unspecified atom stereocenters. The Balaban J connectivity index is 1.93. The van der Waals surface area contributed by atoms with Crippen molar-refractivity contribution in [2.75, 3.05) is 5.75 Å². The van der Waals surface area contributed by atoms with E-state index in [2.05, 4.69) is 18.7 Å². The van der Waals surface area contributed by atoms with Gasteiger partial charge in [-0.3, -0.25) is 0 Å². The number of nitrogens with two attached hydrogens (primary N) is 1. The first-order valence-corrected chi connectivity index (χ1v) is 7.75. The predicted octanol–water partition coefficient (Wildman–Crippen LogP) is 3.43. The van der Waals surface area contributed by atoms with Gasteiger partial charge in [-0.15, -0.1) is 0 Å². The third-order valence-corrected chi connectivity index (χ3v) is 5.88. The summed E-state index contributed by atoms with van der Waals surface area (Å²) in [5.41, 5.74) is 6.50. The third kappa shape index (κ3) is 2.71. The topological polar surface area (TPSA) is 26.0 Å². The molecular weight excluding hydrogens is 202 g/mol. The molecule has 2 rings (SSSR count). The summed E-state index contributed by atoms with van der Waals surface area (Å²) < 4.78 is 0. The summed E-state index contributed by atoms with van der Waals surface area (Å²) in [5.74, 6) is 3.11. The van der Waals surface area contributed by atoms with Crippen LogP contribution in [0.2, 0.25) is 0 Å². The fourth-order valence-corrected chi connectivity index (χ4v) is 4.83. The molecule has 2 fully saturated rings. The number of hydrogen-bond acceptors (Lipinski definition) is 2. The van der Waals surface area contributed by atoms with Crippen LogP contribution in [0.5, 0.6) is 0 Å². The van der Waals surface area contributed by atoms with Gasteiger partial charge in [0.1, 0.15) is 0 Å². The van der Waals surface area contributed by atoms with Crippen molar-refractivity contribution in [3.63, 3.8) is 0 Å². The Labute approximate surface area is 98.6 Å². The molecule has 0 radical (unpaired) electrons. The van der Waals surface area contributed by atoms with Crippen molar-refractivity contribution in [1.29, 1.82) is 0 Å². The highest BCUT2D eigenvalue weighted by molar-refractivity contribution is 8.00. The highest BCUT2D eigenvalue weighted by Gasteiger charge is 2.34. The Morgan fingerprint density at radius 2 is 2.00 bits per heavy atom. The molecular formula is C13H25NS. The maximum absolute atomic E-state index is 6.50. The van der Waals surface area contributed by atoms with E-state index in [1.807, 2.05) is 0 Å². The summed E-state index contributed by atoms with van der Waals surface area (Å²) >= 11 is 2.13. The zero-order valence-electron chi connectivity index (χ0n) is 9.95. The number of thioether (sulfide) groups is 1. The van der Waals surface area contributed by atoms with Gasteiger partial charge in [-0.25, -0.2) is 0 Å². The van der Waals surface area contributed by atoms with Crippen molar-refractivity contribution in [2.45, 2.75) is 63.2 Å². The molecule has 1 aliphatic heterocycles. The van der Waals surface area contributed by atoms with Crippen molar-refractivity contribution in [3.05, 3.63) is 0 Å². The highest BCUT2D eigenvalue weighted by Crippen LogP contribution is 2.39. The molecule has 0 amide bonds. The molecule has 2 aliphatic rings. The summed E-state index contributed by atoms with van der Waals surface area (Å²) in [6.07, 6.45) is 9.82. The van der Waals surface area contributed by atoms with Crippen molar-refractivity contribution in [2.24, 2.45) is 17.6 Å². The monoisotopic (exact) mass is 227 g/mol. The highest BCUT2D eigenvalue weighted by atomic mass is 32.2. The van der Waals surface area contributed by atoms with Crippen LogP contribution in [0.3, 0.4) is 0 Å². The molecule has 0 aromatic rings. The normalized spacial score (nSPS) is 39.2. The molecule has 1 saturated carbocycles. The SMILES string of the molecule is CCC1CCCCC1C(N)C1CCCS1. The van der Waals surface area contributed by atoms with E-state index in [0.717, 1.165) is 17.1 Å². The Bertz CT molecular complexity index is 189. The average molecular weight is 227 g/mol. The zero-order chi connectivity index (χ0) is 10.7. The van der Waals surface area contributed by atoms with Gasteiger partial charge in [-0.1, -0.05) is 32.6 Å². The zero-order valence-corrected chi connectivity index (χ0v) is 10.8. The van der Waals surface area contributed by atoms with Crippen LogP contribution in [0.15, 0.2) is 0 Å². The Kier molecular flexibility index (Phi) is 4.39. The number of hydrogen-bond donors (Lipinski definition) is 1. The lowest BCUT2D eigenvalue weighted by atomic mass is 9.73. The lowest BCUT2D eigenvalue weighted by Gasteiger charge is -2.37. The maximum Gasteiger partial charge on any atom is 0.0202 e. The number of rotatable bonds is 3. The maximum atomic E-state index is 6.50. The molecule has 0 aromatic carbocycles. The molecule has 0 aromatic heterocycles. The van der Waals surface area contributed by atoms with E-state index in [4.69, 9.17) is 5.73 Å². The molecule has 2 N–H and O–H groups in total. The fourth-order valence-electron chi connectivity index (χ4n) is 3.43. The van der Waals surface area contributed by atoms with Crippen LogP contribution in [-0.4, -0.2) is 17.0 Å². The summed E-state index contributed by atoms with van der Waals surface area (Å²) in [6.45, 7) is 2.34. The summed E-state index contributed by atoms with van der Waals surface area (Å²) in [4.78, 5) is 0. The van der Waals surface area contributed by atoms with Gasteiger partial charge in [0.25, 0.3) is 0 Å². The van der Waals surface area contributed by atoms with Crippen molar-refractivity contribution in [1.82, 2.24) is 0 Å². The molecule has 15 heavy (non-hydrogen) atoms. The van der Waals surface area contributed by atoms with Crippen LogP contribution in [0.4, 0.5) is 0 Å². The first-order valence-electron chi connectivity index (χ1n) is 6.70. The summed E-state index contributed by atoms with van der Waals surface area (Å²) in [7, 11) is 0. The minimum Gasteiger partial charge on any atom is -0.326 e. The van der Waals surface area contributed by atoms with Gasteiger partial charge in [-0.05, 0) is 36.9 Å². The Morgan fingerprint density at radius 1 is 1.20 bits per heavy atom. The van der Waals surface area contributed by atoms with Crippen LogP contribution in [0.1, 0.15) is 51.9 Å². The standard InChI is InChI=1S/C13H25NS/c1-2-10-6-3-4-7-11(10)13(14)12-8-5-9-15-12/h10-13H,2-9,14H2,1H3. The van der Waals surface area contributed by atoms with Gasteiger partial charge in [0.15, 0.2) is 0 Å². The molecule has 1 heterocycles. The minimum atomic E-state index is 0.489. The van der Waals surface area contributed by atoms with Gasteiger partial charge in [0, 0.05) is 11.3 Å². The van der Waals surface area contributed by atoms with Gasteiger partial charge in [0.2, 0.25) is 0 Å². The molecule has 0 bridgehead atoms. The molecule has 0 spiro atoms.